The molecule has 0 saturated carbocycles. The normalized spacial score (nSPS) is 12.9. The molecule has 0 aromatic rings. The molecule has 0 rings (SSSR count). The number of aliphatic hydroxyl groups excluding tert-OH is 1. The average Bonchev–Trinajstić information content (AvgIpc) is 2.34. The zero-order valence-electron chi connectivity index (χ0n) is 11.8. The van der Waals surface area contributed by atoms with E-state index in [0.717, 1.165) is 13.0 Å². The van der Waals surface area contributed by atoms with Crippen LogP contribution in [-0.4, -0.2) is 30.8 Å². The first-order valence-electron chi connectivity index (χ1n) is 6.85. The van der Waals surface area contributed by atoms with Gasteiger partial charge in [-0.15, -0.1) is 24.0 Å². The lowest BCUT2D eigenvalue weighted by Crippen LogP contribution is -2.33. The first-order valence-corrected chi connectivity index (χ1v) is 6.85. The standard InChI is InChI=1S/C13H29N3O.HI/c1-3-4-5-6-7-8-9-15-13(14)16-10-12(2)11-17;/h12,17H,3-11H2,1-2H3,(H3,14,15,16);1H. The van der Waals surface area contributed by atoms with Crippen molar-refractivity contribution in [2.45, 2.75) is 52.4 Å². The third kappa shape index (κ3) is 14.0. The highest BCUT2D eigenvalue weighted by Gasteiger charge is 1.98. The minimum absolute atomic E-state index is 0. The summed E-state index contributed by atoms with van der Waals surface area (Å²) in [7, 11) is 0. The van der Waals surface area contributed by atoms with Gasteiger partial charge in [0.25, 0.3) is 0 Å². The quantitative estimate of drug-likeness (QED) is 0.239. The maximum absolute atomic E-state index is 8.83. The summed E-state index contributed by atoms with van der Waals surface area (Å²) in [5.41, 5.74) is 5.70. The largest absolute Gasteiger partial charge is 0.396 e. The molecule has 0 aromatic carbocycles. The zero-order chi connectivity index (χ0) is 12.9. The molecule has 0 fully saturated rings. The van der Waals surface area contributed by atoms with Gasteiger partial charge in [0, 0.05) is 19.7 Å². The number of aliphatic hydroxyl groups is 1. The van der Waals surface area contributed by atoms with E-state index in [0.29, 0.717) is 12.5 Å². The number of rotatable bonds is 10. The molecule has 0 spiro atoms. The minimum Gasteiger partial charge on any atom is -0.396 e. The van der Waals surface area contributed by atoms with Crippen molar-refractivity contribution in [3.63, 3.8) is 0 Å². The molecule has 1 unspecified atom stereocenters. The van der Waals surface area contributed by atoms with Gasteiger partial charge in [-0.2, -0.15) is 0 Å². The van der Waals surface area contributed by atoms with Crippen molar-refractivity contribution in [1.29, 1.82) is 0 Å². The Labute approximate surface area is 129 Å². The average molecular weight is 371 g/mol. The van der Waals surface area contributed by atoms with Gasteiger partial charge in [-0.3, -0.25) is 4.99 Å². The smallest absolute Gasteiger partial charge is 0.188 e. The first kappa shape index (κ1) is 20.3. The molecule has 110 valence electrons. The molecule has 0 aromatic heterocycles. The number of hydrogen-bond donors (Lipinski definition) is 3. The van der Waals surface area contributed by atoms with Crippen LogP contribution in [-0.2, 0) is 0 Å². The highest BCUT2D eigenvalue weighted by atomic mass is 127. The third-order valence-corrected chi connectivity index (χ3v) is 2.72. The molecule has 4 N–H and O–H groups in total. The van der Waals surface area contributed by atoms with Crippen LogP contribution < -0.4 is 11.1 Å². The fourth-order valence-electron chi connectivity index (χ4n) is 1.49. The number of hydrogen-bond acceptors (Lipinski definition) is 2. The van der Waals surface area contributed by atoms with Gasteiger partial charge < -0.3 is 16.2 Å². The van der Waals surface area contributed by atoms with Crippen molar-refractivity contribution < 1.29 is 5.11 Å². The summed E-state index contributed by atoms with van der Waals surface area (Å²) in [6.45, 7) is 5.83. The molecule has 0 aliphatic rings. The van der Waals surface area contributed by atoms with E-state index >= 15 is 0 Å². The number of nitrogens with one attached hydrogen (secondary N) is 1. The van der Waals surface area contributed by atoms with E-state index in [1.54, 1.807) is 0 Å². The Balaban J connectivity index is 0. The molecule has 0 bridgehead atoms. The number of aliphatic imine (C=N–C) groups is 1. The van der Waals surface area contributed by atoms with Gasteiger partial charge in [0.1, 0.15) is 0 Å². The fourth-order valence-corrected chi connectivity index (χ4v) is 1.49. The lowest BCUT2D eigenvalue weighted by Gasteiger charge is -2.07. The Morgan fingerprint density at radius 1 is 1.22 bits per heavy atom. The van der Waals surface area contributed by atoms with Crippen molar-refractivity contribution in [1.82, 2.24) is 5.32 Å². The predicted octanol–water partition coefficient (Wildman–Crippen LogP) is 2.50. The number of halogens is 1. The molecule has 5 heteroatoms. The molecule has 0 heterocycles. The number of nitrogens with zero attached hydrogens (tertiary/aromatic N) is 1. The zero-order valence-corrected chi connectivity index (χ0v) is 14.2. The SMILES string of the molecule is CCCCCCCCNC(N)=NCC(C)CO.I. The molecular weight excluding hydrogens is 341 g/mol. The van der Waals surface area contributed by atoms with E-state index in [2.05, 4.69) is 17.2 Å². The molecule has 4 nitrogen and oxygen atoms in total. The summed E-state index contributed by atoms with van der Waals surface area (Å²) in [5, 5.41) is 11.9. The number of guanidine groups is 1. The molecule has 0 saturated heterocycles. The van der Waals surface area contributed by atoms with Crippen molar-refractivity contribution >= 4 is 29.9 Å². The van der Waals surface area contributed by atoms with Crippen molar-refractivity contribution in [3.8, 4) is 0 Å². The van der Waals surface area contributed by atoms with Crippen LogP contribution in [0.25, 0.3) is 0 Å². The maximum Gasteiger partial charge on any atom is 0.188 e. The lowest BCUT2D eigenvalue weighted by molar-refractivity contribution is 0.241. The van der Waals surface area contributed by atoms with Gasteiger partial charge >= 0.3 is 0 Å². The second-order valence-corrected chi connectivity index (χ2v) is 4.71. The third-order valence-electron chi connectivity index (χ3n) is 2.72. The van der Waals surface area contributed by atoms with Gasteiger partial charge in [-0.25, -0.2) is 0 Å². The van der Waals surface area contributed by atoms with Gasteiger partial charge in [0.2, 0.25) is 0 Å². The Bertz CT molecular complexity index is 201. The summed E-state index contributed by atoms with van der Waals surface area (Å²) >= 11 is 0. The molecule has 0 amide bonds. The Hall–Kier alpha value is -0.0400. The Morgan fingerprint density at radius 3 is 2.44 bits per heavy atom. The number of unbranched alkanes of at least 4 members (excludes halogenated alkanes) is 5. The van der Waals surface area contributed by atoms with Crippen LogP contribution in [0.5, 0.6) is 0 Å². The molecule has 0 aliphatic carbocycles. The monoisotopic (exact) mass is 371 g/mol. The maximum atomic E-state index is 8.83. The summed E-state index contributed by atoms with van der Waals surface area (Å²) in [5.74, 6) is 0.684. The van der Waals surface area contributed by atoms with Crippen LogP contribution in [0.3, 0.4) is 0 Å². The highest BCUT2D eigenvalue weighted by Crippen LogP contribution is 2.03. The summed E-state index contributed by atoms with van der Waals surface area (Å²) in [6.07, 6.45) is 7.70. The summed E-state index contributed by atoms with van der Waals surface area (Å²) in [4.78, 5) is 4.17. The van der Waals surface area contributed by atoms with Crippen LogP contribution in [0.2, 0.25) is 0 Å². The van der Waals surface area contributed by atoms with E-state index in [-0.39, 0.29) is 36.5 Å². The number of nitrogens with two attached hydrogens (primary N) is 1. The van der Waals surface area contributed by atoms with Crippen molar-refractivity contribution in [3.05, 3.63) is 0 Å². The van der Waals surface area contributed by atoms with Gasteiger partial charge in [0.15, 0.2) is 5.96 Å². The molecule has 18 heavy (non-hydrogen) atoms. The van der Waals surface area contributed by atoms with Crippen LogP contribution >= 0.6 is 24.0 Å². The minimum atomic E-state index is 0. The van der Waals surface area contributed by atoms with E-state index in [1.807, 2.05) is 6.92 Å². The van der Waals surface area contributed by atoms with Crippen molar-refractivity contribution in [2.75, 3.05) is 19.7 Å². The van der Waals surface area contributed by atoms with E-state index in [4.69, 9.17) is 10.8 Å². The Kier molecular flexibility index (Phi) is 16.9. The first-order chi connectivity index (χ1) is 8.20. The molecular formula is C13H30IN3O. The predicted molar refractivity (Wildman–Crippen MR) is 89.5 cm³/mol. The molecule has 1 atom stereocenters. The van der Waals surface area contributed by atoms with E-state index in [9.17, 15) is 0 Å². The van der Waals surface area contributed by atoms with Crippen LogP contribution in [0.15, 0.2) is 4.99 Å². The van der Waals surface area contributed by atoms with Gasteiger partial charge in [0.05, 0.1) is 0 Å². The summed E-state index contributed by atoms with van der Waals surface area (Å²) in [6, 6.07) is 0. The second-order valence-electron chi connectivity index (χ2n) is 4.71. The molecule has 0 aliphatic heterocycles. The van der Waals surface area contributed by atoms with Gasteiger partial charge in [-0.05, 0) is 12.3 Å². The van der Waals surface area contributed by atoms with Crippen LogP contribution in [0.1, 0.15) is 52.4 Å². The topological polar surface area (TPSA) is 70.6 Å². The second kappa shape index (κ2) is 15.0. The highest BCUT2D eigenvalue weighted by molar-refractivity contribution is 14.0. The Morgan fingerprint density at radius 2 is 1.83 bits per heavy atom. The van der Waals surface area contributed by atoms with E-state index in [1.165, 1.54) is 32.1 Å². The van der Waals surface area contributed by atoms with Crippen molar-refractivity contribution in [2.24, 2.45) is 16.6 Å². The molecule has 0 radical (unpaired) electrons. The fraction of sp³-hybridized carbons (Fsp3) is 0.923. The van der Waals surface area contributed by atoms with E-state index < -0.39 is 0 Å². The van der Waals surface area contributed by atoms with Gasteiger partial charge in [-0.1, -0.05) is 46.0 Å². The van der Waals surface area contributed by atoms with Crippen LogP contribution in [0.4, 0.5) is 0 Å². The van der Waals surface area contributed by atoms with Crippen LogP contribution in [0, 0.1) is 5.92 Å². The summed E-state index contributed by atoms with van der Waals surface area (Å²) < 4.78 is 0. The lowest BCUT2D eigenvalue weighted by atomic mass is 10.1.